The molecule has 156 valence electrons. The molecule has 1 saturated heterocycles. The van der Waals surface area contributed by atoms with Gasteiger partial charge in [0.15, 0.2) is 0 Å². The van der Waals surface area contributed by atoms with E-state index in [1.807, 2.05) is 34.6 Å². The lowest BCUT2D eigenvalue weighted by Gasteiger charge is -2.40. The maximum Gasteiger partial charge on any atom is 0.410 e. The number of amides is 2. The molecule has 28 heavy (non-hydrogen) atoms. The summed E-state index contributed by atoms with van der Waals surface area (Å²) in [5.41, 5.74) is 0.0164. The highest BCUT2D eigenvalue weighted by Gasteiger charge is 2.30. The molecule has 1 aliphatic heterocycles. The van der Waals surface area contributed by atoms with E-state index in [9.17, 15) is 14.0 Å². The van der Waals surface area contributed by atoms with Crippen LogP contribution in [0.5, 0.6) is 0 Å². The van der Waals surface area contributed by atoms with Crippen LogP contribution in [0.4, 0.5) is 9.18 Å². The summed E-state index contributed by atoms with van der Waals surface area (Å²) in [4.78, 5) is 28.1. The number of halogens is 1. The van der Waals surface area contributed by atoms with Gasteiger partial charge in [0.2, 0.25) is 5.91 Å². The van der Waals surface area contributed by atoms with E-state index < -0.39 is 5.60 Å². The predicted molar refractivity (Wildman–Crippen MR) is 106 cm³/mol. The first-order valence-electron chi connectivity index (χ1n) is 9.82. The fourth-order valence-corrected chi connectivity index (χ4v) is 3.13. The summed E-state index contributed by atoms with van der Waals surface area (Å²) in [7, 11) is 0. The van der Waals surface area contributed by atoms with Crippen molar-refractivity contribution in [3.05, 3.63) is 35.6 Å². The van der Waals surface area contributed by atoms with Gasteiger partial charge in [-0.1, -0.05) is 32.0 Å². The van der Waals surface area contributed by atoms with E-state index in [2.05, 4.69) is 10.2 Å². The zero-order valence-electron chi connectivity index (χ0n) is 17.5. The first-order valence-corrected chi connectivity index (χ1v) is 9.82. The molecule has 0 bridgehead atoms. The van der Waals surface area contributed by atoms with E-state index in [4.69, 9.17) is 4.74 Å². The zero-order chi connectivity index (χ0) is 20.9. The minimum atomic E-state index is -0.537. The molecule has 6 nitrogen and oxygen atoms in total. The van der Waals surface area contributed by atoms with Gasteiger partial charge in [0.25, 0.3) is 0 Å². The van der Waals surface area contributed by atoms with Crippen molar-refractivity contribution in [2.75, 3.05) is 32.7 Å². The Hall–Kier alpha value is -2.15. The number of carbonyl (C=O) groups is 2. The summed E-state index contributed by atoms with van der Waals surface area (Å²) in [6.07, 6.45) is -0.331. The highest BCUT2D eigenvalue weighted by molar-refractivity contribution is 5.77. The molecule has 1 aliphatic rings. The van der Waals surface area contributed by atoms with Crippen molar-refractivity contribution >= 4 is 12.0 Å². The van der Waals surface area contributed by atoms with Gasteiger partial charge in [-0.3, -0.25) is 9.69 Å². The molecule has 0 aliphatic carbocycles. The van der Waals surface area contributed by atoms with E-state index in [1.54, 1.807) is 23.1 Å². The maximum atomic E-state index is 14.4. The number of rotatable bonds is 5. The summed E-state index contributed by atoms with van der Waals surface area (Å²) < 4.78 is 19.9. The molecule has 1 aromatic carbocycles. The number of piperazine rings is 1. The second kappa shape index (κ2) is 9.37. The standard InChI is InChI=1S/C21H32FN3O3/c1-15(2)19(26)23-14-18(16-8-6-7-9-17(16)22)24-10-12-25(13-11-24)20(27)28-21(3,4)5/h6-9,15,18H,10-14H2,1-5H3,(H,23,26). The van der Waals surface area contributed by atoms with Crippen molar-refractivity contribution in [2.24, 2.45) is 5.92 Å². The van der Waals surface area contributed by atoms with Crippen LogP contribution in [0.1, 0.15) is 46.2 Å². The summed E-state index contributed by atoms with van der Waals surface area (Å²) in [6, 6.07) is 6.35. The maximum absolute atomic E-state index is 14.4. The molecule has 0 radical (unpaired) electrons. The Balaban J connectivity index is 2.07. The Labute approximate surface area is 167 Å². The van der Waals surface area contributed by atoms with Crippen LogP contribution in [-0.2, 0) is 9.53 Å². The van der Waals surface area contributed by atoms with Gasteiger partial charge in [0.1, 0.15) is 11.4 Å². The summed E-state index contributed by atoms with van der Waals surface area (Å²) in [6.45, 7) is 11.7. The third-order valence-electron chi connectivity index (χ3n) is 4.66. The highest BCUT2D eigenvalue weighted by atomic mass is 19.1. The molecule has 0 saturated carbocycles. The molecular formula is C21H32FN3O3. The fourth-order valence-electron chi connectivity index (χ4n) is 3.13. The highest BCUT2D eigenvalue weighted by Crippen LogP contribution is 2.25. The molecule has 1 aromatic rings. The quantitative estimate of drug-likeness (QED) is 0.835. The van der Waals surface area contributed by atoms with E-state index in [0.717, 1.165) is 0 Å². The van der Waals surface area contributed by atoms with Crippen molar-refractivity contribution in [1.29, 1.82) is 0 Å². The molecule has 1 atom stereocenters. The van der Waals surface area contributed by atoms with Gasteiger partial charge in [-0.25, -0.2) is 9.18 Å². The third kappa shape index (κ3) is 6.19. The number of hydrogen-bond donors (Lipinski definition) is 1. The smallest absolute Gasteiger partial charge is 0.410 e. The molecule has 1 N–H and O–H groups in total. The zero-order valence-corrected chi connectivity index (χ0v) is 17.5. The minimum absolute atomic E-state index is 0.0614. The third-order valence-corrected chi connectivity index (χ3v) is 4.66. The van der Waals surface area contributed by atoms with E-state index in [-0.39, 0.29) is 29.8 Å². The minimum Gasteiger partial charge on any atom is -0.444 e. The normalized spacial score (nSPS) is 16.8. The van der Waals surface area contributed by atoms with Gasteiger partial charge in [0, 0.05) is 44.2 Å². The van der Waals surface area contributed by atoms with E-state index in [0.29, 0.717) is 38.3 Å². The van der Waals surface area contributed by atoms with Crippen LogP contribution in [0.2, 0.25) is 0 Å². The molecule has 0 spiro atoms. The van der Waals surface area contributed by atoms with Crippen molar-refractivity contribution in [3.63, 3.8) is 0 Å². The van der Waals surface area contributed by atoms with Crippen LogP contribution in [0.25, 0.3) is 0 Å². The topological polar surface area (TPSA) is 61.9 Å². The molecule has 0 aromatic heterocycles. The lowest BCUT2D eigenvalue weighted by Crippen LogP contribution is -2.52. The van der Waals surface area contributed by atoms with Crippen LogP contribution in [0.15, 0.2) is 24.3 Å². The van der Waals surface area contributed by atoms with E-state index >= 15 is 0 Å². The summed E-state index contributed by atoms with van der Waals surface area (Å²) in [5, 5.41) is 2.92. The number of benzene rings is 1. The number of hydrogen-bond acceptors (Lipinski definition) is 4. The Bertz CT molecular complexity index is 680. The Morgan fingerprint density at radius 3 is 2.29 bits per heavy atom. The van der Waals surface area contributed by atoms with Crippen LogP contribution >= 0.6 is 0 Å². The Morgan fingerprint density at radius 1 is 1.14 bits per heavy atom. The van der Waals surface area contributed by atoms with Gasteiger partial charge in [-0.2, -0.15) is 0 Å². The molecule has 2 amide bonds. The fraction of sp³-hybridized carbons (Fsp3) is 0.619. The second-order valence-electron chi connectivity index (χ2n) is 8.44. The Kier molecular flexibility index (Phi) is 7.41. The molecule has 2 rings (SSSR count). The predicted octanol–water partition coefficient (Wildman–Crippen LogP) is 3.19. The van der Waals surface area contributed by atoms with Crippen LogP contribution in [0.3, 0.4) is 0 Å². The number of carbonyl (C=O) groups excluding carboxylic acids is 2. The second-order valence-corrected chi connectivity index (χ2v) is 8.44. The number of nitrogens with one attached hydrogen (secondary N) is 1. The largest absolute Gasteiger partial charge is 0.444 e. The summed E-state index contributed by atoms with van der Waals surface area (Å²) in [5.74, 6) is -0.486. The van der Waals surface area contributed by atoms with Gasteiger partial charge in [0.05, 0.1) is 6.04 Å². The van der Waals surface area contributed by atoms with Crippen molar-refractivity contribution in [1.82, 2.24) is 15.1 Å². The SMILES string of the molecule is CC(C)C(=O)NCC(c1ccccc1F)N1CCN(C(=O)OC(C)(C)C)CC1. The lowest BCUT2D eigenvalue weighted by atomic mass is 10.0. The van der Waals surface area contributed by atoms with Gasteiger partial charge in [-0.05, 0) is 26.8 Å². The van der Waals surface area contributed by atoms with Crippen molar-refractivity contribution in [2.45, 2.75) is 46.3 Å². The first kappa shape index (κ1) is 22.1. The average molecular weight is 394 g/mol. The molecule has 1 unspecified atom stereocenters. The Morgan fingerprint density at radius 2 is 1.75 bits per heavy atom. The molecule has 1 fully saturated rings. The summed E-state index contributed by atoms with van der Waals surface area (Å²) >= 11 is 0. The van der Waals surface area contributed by atoms with Gasteiger partial charge >= 0.3 is 6.09 Å². The first-order chi connectivity index (χ1) is 13.1. The van der Waals surface area contributed by atoms with Crippen LogP contribution in [-0.4, -0.2) is 60.1 Å². The van der Waals surface area contributed by atoms with Gasteiger partial charge < -0.3 is 15.0 Å². The van der Waals surface area contributed by atoms with Crippen LogP contribution < -0.4 is 5.32 Å². The molecular weight excluding hydrogens is 361 g/mol. The number of ether oxygens (including phenoxy) is 1. The monoisotopic (exact) mass is 393 g/mol. The average Bonchev–Trinajstić information content (AvgIpc) is 2.62. The van der Waals surface area contributed by atoms with Crippen LogP contribution in [0, 0.1) is 11.7 Å². The number of nitrogens with zero attached hydrogens (tertiary/aromatic N) is 2. The lowest BCUT2D eigenvalue weighted by molar-refractivity contribution is -0.124. The van der Waals surface area contributed by atoms with Crippen molar-refractivity contribution in [3.8, 4) is 0 Å². The molecule has 1 heterocycles. The molecule has 7 heteroatoms. The van der Waals surface area contributed by atoms with Crippen molar-refractivity contribution < 1.29 is 18.7 Å². The van der Waals surface area contributed by atoms with Gasteiger partial charge in [-0.15, -0.1) is 0 Å². The van der Waals surface area contributed by atoms with E-state index in [1.165, 1.54) is 6.07 Å².